The number of carbonyl (C=O) groups is 1. The fourth-order valence-electron chi connectivity index (χ4n) is 1.47. The number of hydrogen-bond donors (Lipinski definition) is 1. The smallest absolute Gasteiger partial charge is 0.240 e. The van der Waals surface area contributed by atoms with Crippen LogP contribution >= 0.6 is 11.6 Å². The van der Waals surface area contributed by atoms with Gasteiger partial charge in [0.05, 0.1) is 11.4 Å². The molecule has 2 aromatic rings. The molecule has 0 aliphatic rings. The normalized spacial score (nSPS) is 10.8. The molecule has 0 bridgehead atoms. The van der Waals surface area contributed by atoms with Crippen LogP contribution in [0, 0.1) is 13.8 Å². The fraction of sp³-hybridized carbons (Fsp3) is 0.400. The molecule has 2 rings (SSSR count). The van der Waals surface area contributed by atoms with E-state index in [0.29, 0.717) is 17.0 Å². The highest BCUT2D eigenvalue weighted by Crippen LogP contribution is 2.19. The first-order valence-electron chi connectivity index (χ1n) is 5.06. The van der Waals surface area contributed by atoms with Crippen LogP contribution in [0.1, 0.15) is 11.4 Å². The number of anilines is 1. The lowest BCUT2D eigenvalue weighted by Gasteiger charge is -2.00. The topological polar surface area (TPSA) is 72.7 Å². The molecule has 1 N–H and O–H groups in total. The quantitative estimate of drug-likeness (QED) is 0.815. The zero-order valence-electron chi connectivity index (χ0n) is 9.78. The minimum absolute atomic E-state index is 0.115. The number of nitrogens with zero attached hydrogens (tertiary/aromatic N) is 4. The predicted molar refractivity (Wildman–Crippen MR) is 65.1 cm³/mol. The lowest BCUT2D eigenvalue weighted by Crippen LogP contribution is -2.13. The first kappa shape index (κ1) is 11.8. The van der Waals surface area contributed by atoms with Gasteiger partial charge in [-0.25, -0.2) is 14.6 Å². The van der Waals surface area contributed by atoms with Gasteiger partial charge >= 0.3 is 0 Å². The first-order valence-corrected chi connectivity index (χ1v) is 5.60. The second kappa shape index (κ2) is 4.29. The van der Waals surface area contributed by atoms with Crippen molar-refractivity contribution in [2.24, 2.45) is 7.05 Å². The number of fused-ring (bicyclic) bond motifs is 1. The fourth-order valence-corrected chi connectivity index (χ4v) is 1.54. The van der Waals surface area contributed by atoms with E-state index in [2.05, 4.69) is 20.4 Å². The molecule has 0 unspecified atom stereocenters. The number of carbonyl (C=O) groups excluding carboxylic acids is 1. The number of hydrogen-bond acceptors (Lipinski definition) is 4. The largest absolute Gasteiger partial charge is 0.306 e. The van der Waals surface area contributed by atoms with Gasteiger partial charge in [-0.2, -0.15) is 5.10 Å². The monoisotopic (exact) mass is 253 g/mol. The summed E-state index contributed by atoms with van der Waals surface area (Å²) in [5.41, 5.74) is 2.87. The maximum absolute atomic E-state index is 11.2. The zero-order valence-corrected chi connectivity index (χ0v) is 10.5. The van der Waals surface area contributed by atoms with Gasteiger partial charge in [0.25, 0.3) is 0 Å². The third-order valence-electron chi connectivity index (χ3n) is 2.45. The molecule has 2 aromatic heterocycles. The molecule has 0 aliphatic heterocycles. The number of rotatable bonds is 2. The van der Waals surface area contributed by atoms with Crippen LogP contribution in [-0.2, 0) is 11.8 Å². The van der Waals surface area contributed by atoms with Gasteiger partial charge < -0.3 is 5.32 Å². The van der Waals surface area contributed by atoms with Crippen LogP contribution < -0.4 is 5.32 Å². The molecule has 0 radical (unpaired) electrons. The summed E-state index contributed by atoms with van der Waals surface area (Å²) < 4.78 is 1.58. The minimum atomic E-state index is -0.313. The van der Waals surface area contributed by atoms with E-state index < -0.39 is 0 Å². The summed E-state index contributed by atoms with van der Waals surface area (Å²) in [6.07, 6.45) is 0. The van der Waals surface area contributed by atoms with Crippen LogP contribution in [0.3, 0.4) is 0 Å². The van der Waals surface area contributed by atoms with Gasteiger partial charge in [-0.3, -0.25) is 4.79 Å². The maximum atomic E-state index is 11.2. The Morgan fingerprint density at radius 3 is 2.65 bits per heavy atom. The van der Waals surface area contributed by atoms with Gasteiger partial charge in [0, 0.05) is 7.05 Å². The molecule has 2 heterocycles. The Hall–Kier alpha value is -1.69. The molecule has 0 spiro atoms. The zero-order chi connectivity index (χ0) is 12.6. The number of halogens is 1. The van der Waals surface area contributed by atoms with Crippen LogP contribution in [0.5, 0.6) is 0 Å². The Morgan fingerprint density at radius 2 is 2.00 bits per heavy atom. The first-order chi connectivity index (χ1) is 8.02. The summed E-state index contributed by atoms with van der Waals surface area (Å²) in [4.78, 5) is 20.0. The van der Waals surface area contributed by atoms with Crippen LogP contribution in [0.25, 0.3) is 11.2 Å². The SMILES string of the molecule is Cc1nc2c(NC(=O)CCl)nn(C)c2nc1C. The third kappa shape index (κ3) is 2.08. The average Bonchev–Trinajstić information content (AvgIpc) is 2.57. The number of aryl methyl sites for hydroxylation is 3. The van der Waals surface area contributed by atoms with E-state index in [4.69, 9.17) is 11.6 Å². The van der Waals surface area contributed by atoms with Crippen LogP contribution in [0.4, 0.5) is 5.82 Å². The van der Waals surface area contributed by atoms with Crippen molar-refractivity contribution in [1.82, 2.24) is 19.7 Å². The van der Waals surface area contributed by atoms with Crippen LogP contribution in [0.2, 0.25) is 0 Å². The lowest BCUT2D eigenvalue weighted by molar-refractivity contribution is -0.113. The van der Waals surface area contributed by atoms with Crippen molar-refractivity contribution < 1.29 is 4.79 Å². The lowest BCUT2D eigenvalue weighted by atomic mass is 10.3. The molecule has 0 aromatic carbocycles. The van der Waals surface area contributed by atoms with Gasteiger partial charge in [-0.1, -0.05) is 0 Å². The summed E-state index contributed by atoms with van der Waals surface area (Å²) in [5, 5.41) is 6.76. The van der Waals surface area contributed by atoms with E-state index in [1.165, 1.54) is 0 Å². The molecule has 0 saturated carbocycles. The van der Waals surface area contributed by atoms with E-state index in [-0.39, 0.29) is 11.8 Å². The van der Waals surface area contributed by atoms with Crippen molar-refractivity contribution in [3.63, 3.8) is 0 Å². The van der Waals surface area contributed by atoms with Crippen molar-refractivity contribution in [1.29, 1.82) is 0 Å². The molecule has 0 saturated heterocycles. The van der Waals surface area contributed by atoms with Gasteiger partial charge in [0.2, 0.25) is 5.91 Å². The second-order valence-corrected chi connectivity index (χ2v) is 3.99. The Kier molecular flexibility index (Phi) is 2.97. The molecule has 7 heteroatoms. The molecule has 17 heavy (non-hydrogen) atoms. The Labute approximate surface area is 103 Å². The van der Waals surface area contributed by atoms with Crippen molar-refractivity contribution in [3.8, 4) is 0 Å². The van der Waals surface area contributed by atoms with Crippen molar-refractivity contribution in [3.05, 3.63) is 11.4 Å². The standard InChI is InChI=1S/C10H12ClN5O/c1-5-6(2)13-10-8(12-5)9(15-16(10)3)14-7(17)4-11/h4H2,1-3H3,(H,14,15,17). The van der Waals surface area contributed by atoms with Crippen molar-refractivity contribution in [2.45, 2.75) is 13.8 Å². The Bertz CT molecular complexity index is 592. The van der Waals surface area contributed by atoms with Crippen LogP contribution in [-0.4, -0.2) is 31.5 Å². The predicted octanol–water partition coefficient (Wildman–Crippen LogP) is 1.16. The van der Waals surface area contributed by atoms with Gasteiger partial charge in [-0.05, 0) is 13.8 Å². The highest BCUT2D eigenvalue weighted by Gasteiger charge is 2.14. The number of aromatic nitrogens is 4. The van der Waals surface area contributed by atoms with E-state index in [1.807, 2.05) is 13.8 Å². The highest BCUT2D eigenvalue weighted by molar-refractivity contribution is 6.29. The Balaban J connectivity index is 2.58. The summed E-state index contributed by atoms with van der Waals surface area (Å²) in [6.45, 7) is 3.74. The van der Waals surface area contributed by atoms with E-state index in [1.54, 1.807) is 11.7 Å². The molecule has 0 fully saturated rings. The third-order valence-corrected chi connectivity index (χ3v) is 2.69. The van der Waals surface area contributed by atoms with E-state index in [0.717, 1.165) is 11.4 Å². The summed E-state index contributed by atoms with van der Waals surface area (Å²) in [6, 6.07) is 0. The minimum Gasteiger partial charge on any atom is -0.306 e. The molecule has 90 valence electrons. The maximum Gasteiger partial charge on any atom is 0.240 e. The highest BCUT2D eigenvalue weighted by atomic mass is 35.5. The molecular formula is C10H12ClN5O. The van der Waals surface area contributed by atoms with Gasteiger partial charge in [0.15, 0.2) is 17.0 Å². The molecule has 0 atom stereocenters. The molecule has 0 aliphatic carbocycles. The molecule has 6 nitrogen and oxygen atoms in total. The number of amides is 1. The average molecular weight is 254 g/mol. The summed E-state index contributed by atoms with van der Waals surface area (Å²) >= 11 is 5.43. The van der Waals surface area contributed by atoms with Crippen LogP contribution in [0.15, 0.2) is 0 Å². The van der Waals surface area contributed by atoms with E-state index in [9.17, 15) is 4.79 Å². The molecule has 1 amide bonds. The van der Waals surface area contributed by atoms with Crippen molar-refractivity contribution in [2.75, 3.05) is 11.2 Å². The summed E-state index contributed by atoms with van der Waals surface area (Å²) in [7, 11) is 1.75. The summed E-state index contributed by atoms with van der Waals surface area (Å²) in [5.74, 6) is -0.0356. The second-order valence-electron chi connectivity index (χ2n) is 3.72. The number of nitrogens with one attached hydrogen (secondary N) is 1. The van der Waals surface area contributed by atoms with Gasteiger partial charge in [-0.15, -0.1) is 11.6 Å². The van der Waals surface area contributed by atoms with E-state index >= 15 is 0 Å². The molecular weight excluding hydrogens is 242 g/mol. The number of alkyl halides is 1. The van der Waals surface area contributed by atoms with Gasteiger partial charge in [0.1, 0.15) is 5.88 Å². The van der Waals surface area contributed by atoms with Crippen molar-refractivity contribution >= 4 is 34.5 Å². The Morgan fingerprint density at radius 1 is 1.35 bits per heavy atom.